The van der Waals surface area contributed by atoms with Crippen molar-refractivity contribution in [3.05, 3.63) is 60.3 Å². The Hall–Kier alpha value is -0.880. The van der Waals surface area contributed by atoms with E-state index in [4.69, 9.17) is 11.6 Å². The van der Waals surface area contributed by atoms with E-state index >= 15 is 0 Å². The SMILES string of the molecule is CCc1nc(Cc2ccc(Cl)cc2)[nH]c(=O)c1I. The number of benzene rings is 1. The van der Waals surface area contributed by atoms with Crippen molar-refractivity contribution >= 4 is 34.2 Å². The van der Waals surface area contributed by atoms with Crippen molar-refractivity contribution in [3.8, 4) is 0 Å². The van der Waals surface area contributed by atoms with Gasteiger partial charge in [0.25, 0.3) is 5.56 Å². The van der Waals surface area contributed by atoms with Gasteiger partial charge in [-0.1, -0.05) is 30.7 Å². The van der Waals surface area contributed by atoms with Crippen LogP contribution in [-0.2, 0) is 12.8 Å². The fraction of sp³-hybridized carbons (Fsp3) is 0.231. The molecule has 2 aromatic rings. The van der Waals surface area contributed by atoms with Crippen molar-refractivity contribution in [2.45, 2.75) is 19.8 Å². The van der Waals surface area contributed by atoms with Crippen LogP contribution in [0.2, 0.25) is 5.02 Å². The fourth-order valence-corrected chi connectivity index (χ4v) is 2.43. The summed E-state index contributed by atoms with van der Waals surface area (Å²) >= 11 is 7.87. The second-order valence-corrected chi connectivity index (χ2v) is 5.45. The van der Waals surface area contributed by atoms with Crippen molar-refractivity contribution in [2.24, 2.45) is 0 Å². The summed E-state index contributed by atoms with van der Waals surface area (Å²) in [5.74, 6) is 0.694. The summed E-state index contributed by atoms with van der Waals surface area (Å²) in [6, 6.07) is 7.54. The molecule has 0 fully saturated rings. The van der Waals surface area contributed by atoms with Crippen LogP contribution in [0, 0.1) is 3.57 Å². The van der Waals surface area contributed by atoms with Crippen molar-refractivity contribution in [3.63, 3.8) is 0 Å². The smallest absolute Gasteiger partial charge is 0.264 e. The Morgan fingerprint density at radius 3 is 2.61 bits per heavy atom. The highest BCUT2D eigenvalue weighted by Crippen LogP contribution is 2.12. The van der Waals surface area contributed by atoms with Gasteiger partial charge in [0.1, 0.15) is 5.82 Å². The van der Waals surface area contributed by atoms with Crippen molar-refractivity contribution in [1.29, 1.82) is 0 Å². The van der Waals surface area contributed by atoms with Gasteiger partial charge in [-0.3, -0.25) is 4.79 Å². The standard InChI is InChI=1S/C13H12ClIN2O/c1-2-10-12(15)13(18)17-11(16-10)7-8-3-5-9(14)6-4-8/h3-6H,2,7H2,1H3,(H,16,17,18). The number of rotatable bonds is 3. The third-order valence-electron chi connectivity index (χ3n) is 2.60. The number of hydrogen-bond donors (Lipinski definition) is 1. The highest BCUT2D eigenvalue weighted by Gasteiger charge is 2.07. The summed E-state index contributed by atoms with van der Waals surface area (Å²) in [7, 11) is 0. The zero-order valence-corrected chi connectivity index (χ0v) is 12.7. The Kier molecular flexibility index (Phi) is 4.40. The van der Waals surface area contributed by atoms with E-state index in [9.17, 15) is 4.79 Å². The van der Waals surface area contributed by atoms with Gasteiger partial charge in [-0.2, -0.15) is 0 Å². The summed E-state index contributed by atoms with van der Waals surface area (Å²) in [5, 5.41) is 0.706. The number of aryl methyl sites for hydroxylation is 1. The summed E-state index contributed by atoms with van der Waals surface area (Å²) in [5.41, 5.74) is 1.86. The van der Waals surface area contributed by atoms with E-state index in [0.717, 1.165) is 17.7 Å². The van der Waals surface area contributed by atoms with Gasteiger partial charge >= 0.3 is 0 Å². The molecule has 0 atom stereocenters. The molecule has 0 aliphatic rings. The second kappa shape index (κ2) is 5.84. The third kappa shape index (κ3) is 3.11. The van der Waals surface area contributed by atoms with Gasteiger partial charge in [-0.25, -0.2) is 4.98 Å². The van der Waals surface area contributed by atoms with Gasteiger partial charge in [0.05, 0.1) is 9.26 Å². The molecule has 0 aliphatic heterocycles. The average molecular weight is 375 g/mol. The van der Waals surface area contributed by atoms with Crippen molar-refractivity contribution in [1.82, 2.24) is 9.97 Å². The maximum atomic E-state index is 11.7. The number of aromatic amines is 1. The van der Waals surface area contributed by atoms with Crippen LogP contribution in [-0.4, -0.2) is 9.97 Å². The maximum Gasteiger partial charge on any atom is 0.264 e. The first kappa shape index (κ1) is 13.5. The summed E-state index contributed by atoms with van der Waals surface area (Å²) in [6.45, 7) is 2.00. The third-order valence-corrected chi connectivity index (χ3v) is 3.96. The van der Waals surface area contributed by atoms with Crippen LogP contribution in [0.3, 0.4) is 0 Å². The van der Waals surface area contributed by atoms with Gasteiger partial charge in [0.2, 0.25) is 0 Å². The monoisotopic (exact) mass is 374 g/mol. The molecular formula is C13H12ClIN2O. The number of aromatic nitrogens is 2. The molecule has 1 heterocycles. The van der Waals surface area contributed by atoms with Crippen LogP contribution in [0.4, 0.5) is 0 Å². The quantitative estimate of drug-likeness (QED) is 0.839. The van der Waals surface area contributed by atoms with Crippen LogP contribution < -0.4 is 5.56 Å². The minimum Gasteiger partial charge on any atom is -0.309 e. The van der Waals surface area contributed by atoms with E-state index < -0.39 is 0 Å². The van der Waals surface area contributed by atoms with E-state index in [0.29, 0.717) is 20.8 Å². The van der Waals surface area contributed by atoms with Gasteiger partial charge in [-0.05, 0) is 46.7 Å². The zero-order valence-electron chi connectivity index (χ0n) is 9.84. The highest BCUT2D eigenvalue weighted by molar-refractivity contribution is 14.1. The van der Waals surface area contributed by atoms with E-state index in [1.54, 1.807) is 0 Å². The zero-order chi connectivity index (χ0) is 13.1. The highest BCUT2D eigenvalue weighted by atomic mass is 127. The minimum atomic E-state index is -0.0635. The molecule has 0 amide bonds. The topological polar surface area (TPSA) is 45.8 Å². The normalized spacial score (nSPS) is 10.6. The van der Waals surface area contributed by atoms with Gasteiger partial charge < -0.3 is 4.98 Å². The van der Waals surface area contributed by atoms with Crippen LogP contribution in [0.1, 0.15) is 24.0 Å². The number of nitrogens with zero attached hydrogens (tertiary/aromatic N) is 1. The van der Waals surface area contributed by atoms with E-state index in [1.165, 1.54) is 0 Å². The van der Waals surface area contributed by atoms with E-state index in [-0.39, 0.29) is 5.56 Å². The molecule has 0 saturated carbocycles. The number of H-pyrrole nitrogens is 1. The Balaban J connectivity index is 2.32. The lowest BCUT2D eigenvalue weighted by Crippen LogP contribution is -2.18. The average Bonchev–Trinajstić information content (AvgIpc) is 2.36. The Morgan fingerprint density at radius 1 is 1.33 bits per heavy atom. The molecule has 0 bridgehead atoms. The van der Waals surface area contributed by atoms with Gasteiger partial charge in [0, 0.05) is 11.4 Å². The predicted octanol–water partition coefficient (Wildman–Crippen LogP) is 3.18. The fourth-order valence-electron chi connectivity index (χ4n) is 1.67. The Morgan fingerprint density at radius 2 is 2.00 bits per heavy atom. The maximum absolute atomic E-state index is 11.7. The predicted molar refractivity (Wildman–Crippen MR) is 81.2 cm³/mol. The first-order valence-corrected chi connectivity index (χ1v) is 7.08. The van der Waals surface area contributed by atoms with Crippen molar-refractivity contribution < 1.29 is 0 Å². The Labute approximate surface area is 124 Å². The van der Waals surface area contributed by atoms with Gasteiger partial charge in [0.15, 0.2) is 0 Å². The molecule has 1 aromatic heterocycles. The van der Waals surface area contributed by atoms with E-state index in [2.05, 4.69) is 9.97 Å². The van der Waals surface area contributed by atoms with E-state index in [1.807, 2.05) is 53.8 Å². The molecule has 0 aliphatic carbocycles. The second-order valence-electron chi connectivity index (χ2n) is 3.93. The molecular weight excluding hydrogens is 363 g/mol. The van der Waals surface area contributed by atoms with Crippen LogP contribution in [0.25, 0.3) is 0 Å². The molecule has 18 heavy (non-hydrogen) atoms. The first-order valence-electron chi connectivity index (χ1n) is 5.62. The molecule has 0 unspecified atom stereocenters. The molecule has 2 rings (SSSR count). The van der Waals surface area contributed by atoms with Gasteiger partial charge in [-0.15, -0.1) is 0 Å². The number of halogens is 2. The molecule has 3 nitrogen and oxygen atoms in total. The molecule has 1 aromatic carbocycles. The summed E-state index contributed by atoms with van der Waals surface area (Å²) < 4.78 is 0.676. The van der Waals surface area contributed by atoms with Crippen molar-refractivity contribution in [2.75, 3.05) is 0 Å². The van der Waals surface area contributed by atoms with Crippen LogP contribution >= 0.6 is 34.2 Å². The molecule has 0 saturated heterocycles. The minimum absolute atomic E-state index is 0.0635. The largest absolute Gasteiger partial charge is 0.309 e. The lowest BCUT2D eigenvalue weighted by atomic mass is 10.1. The summed E-state index contributed by atoms with van der Waals surface area (Å²) in [4.78, 5) is 19.0. The lowest BCUT2D eigenvalue weighted by molar-refractivity contribution is 0.875. The molecule has 0 radical (unpaired) electrons. The first-order chi connectivity index (χ1) is 8.60. The molecule has 0 spiro atoms. The lowest BCUT2D eigenvalue weighted by Gasteiger charge is -2.05. The molecule has 5 heteroatoms. The number of nitrogens with one attached hydrogen (secondary N) is 1. The Bertz CT molecular complexity index is 607. The number of hydrogen-bond acceptors (Lipinski definition) is 2. The molecule has 94 valence electrons. The molecule has 1 N–H and O–H groups in total. The van der Waals surface area contributed by atoms with Crippen LogP contribution in [0.15, 0.2) is 29.1 Å². The van der Waals surface area contributed by atoms with Crippen LogP contribution in [0.5, 0.6) is 0 Å². The summed E-state index contributed by atoms with van der Waals surface area (Å²) in [6.07, 6.45) is 1.37.